The topological polar surface area (TPSA) is 58.1 Å². The van der Waals surface area contributed by atoms with E-state index in [1.807, 2.05) is 36.9 Å². The molecule has 3 rings (SSSR count). The molecule has 5 nitrogen and oxygen atoms in total. The van der Waals surface area contributed by atoms with Crippen molar-refractivity contribution < 1.29 is 4.79 Å². The van der Waals surface area contributed by atoms with Crippen molar-refractivity contribution in [1.29, 1.82) is 0 Å². The predicted octanol–water partition coefficient (Wildman–Crippen LogP) is 2.03. The van der Waals surface area contributed by atoms with Gasteiger partial charge in [0, 0.05) is 31.0 Å². The van der Waals surface area contributed by atoms with Crippen molar-refractivity contribution in [2.75, 3.05) is 18.4 Å². The summed E-state index contributed by atoms with van der Waals surface area (Å²) in [6.45, 7) is 5.44. The average molecular weight is 282 g/mol. The highest BCUT2D eigenvalue weighted by Gasteiger charge is 2.31. The normalized spacial score (nSPS) is 14.7. The second-order valence-electron chi connectivity index (χ2n) is 5.42. The Morgan fingerprint density at radius 1 is 1.19 bits per heavy atom. The van der Waals surface area contributed by atoms with Crippen molar-refractivity contribution >= 4 is 11.9 Å². The second-order valence-corrected chi connectivity index (χ2v) is 5.42. The number of carbonyl (C=O) groups excluding carboxylic acids is 1. The van der Waals surface area contributed by atoms with Crippen LogP contribution in [0.1, 0.15) is 21.5 Å². The van der Waals surface area contributed by atoms with Gasteiger partial charge in [0.2, 0.25) is 5.95 Å². The molecular weight excluding hydrogens is 264 g/mol. The molecule has 5 heteroatoms. The van der Waals surface area contributed by atoms with Crippen LogP contribution < -0.4 is 5.32 Å². The number of amides is 1. The lowest BCUT2D eigenvalue weighted by molar-refractivity contribution is 0.0624. The maximum absolute atomic E-state index is 12.4. The lowest BCUT2D eigenvalue weighted by Crippen LogP contribution is -2.57. The van der Waals surface area contributed by atoms with Gasteiger partial charge in [-0.15, -0.1) is 0 Å². The summed E-state index contributed by atoms with van der Waals surface area (Å²) in [4.78, 5) is 22.4. The molecule has 0 unspecified atom stereocenters. The van der Waals surface area contributed by atoms with Crippen molar-refractivity contribution in [3.05, 3.63) is 53.3 Å². The van der Waals surface area contributed by atoms with Gasteiger partial charge in [-0.2, -0.15) is 0 Å². The summed E-state index contributed by atoms with van der Waals surface area (Å²) in [5.41, 5.74) is 3.11. The highest BCUT2D eigenvalue weighted by atomic mass is 16.2. The monoisotopic (exact) mass is 282 g/mol. The van der Waals surface area contributed by atoms with E-state index in [-0.39, 0.29) is 11.9 Å². The largest absolute Gasteiger partial charge is 0.348 e. The van der Waals surface area contributed by atoms with Gasteiger partial charge >= 0.3 is 0 Å². The number of rotatable bonds is 3. The van der Waals surface area contributed by atoms with Crippen LogP contribution in [0.5, 0.6) is 0 Å². The van der Waals surface area contributed by atoms with Crippen LogP contribution in [-0.2, 0) is 0 Å². The minimum Gasteiger partial charge on any atom is -0.348 e. The Morgan fingerprint density at radius 2 is 1.90 bits per heavy atom. The highest BCUT2D eigenvalue weighted by molar-refractivity contribution is 5.95. The molecule has 0 saturated carbocycles. The molecular formula is C16H18N4O. The SMILES string of the molecule is Cc1ccc(C(=O)N2CC(Nc3ncccn3)C2)cc1C. The summed E-state index contributed by atoms with van der Waals surface area (Å²) in [6.07, 6.45) is 3.40. The molecule has 2 heterocycles. The number of aromatic nitrogens is 2. The highest BCUT2D eigenvalue weighted by Crippen LogP contribution is 2.18. The molecule has 1 aliphatic heterocycles. The molecule has 0 spiro atoms. The van der Waals surface area contributed by atoms with E-state index in [1.165, 1.54) is 5.56 Å². The van der Waals surface area contributed by atoms with Gasteiger partial charge in [-0.1, -0.05) is 6.07 Å². The van der Waals surface area contributed by atoms with Crippen LogP contribution in [-0.4, -0.2) is 39.9 Å². The van der Waals surface area contributed by atoms with Gasteiger partial charge in [0.25, 0.3) is 5.91 Å². The van der Waals surface area contributed by atoms with Crippen molar-refractivity contribution in [3.63, 3.8) is 0 Å². The predicted molar refractivity (Wildman–Crippen MR) is 81.3 cm³/mol. The number of hydrogen-bond acceptors (Lipinski definition) is 4. The van der Waals surface area contributed by atoms with E-state index in [1.54, 1.807) is 18.5 Å². The quantitative estimate of drug-likeness (QED) is 0.936. The molecule has 0 atom stereocenters. The number of anilines is 1. The average Bonchev–Trinajstić information content (AvgIpc) is 2.46. The Balaban J connectivity index is 1.58. The molecule has 108 valence electrons. The van der Waals surface area contributed by atoms with Crippen LogP contribution in [0.3, 0.4) is 0 Å². The van der Waals surface area contributed by atoms with E-state index in [4.69, 9.17) is 0 Å². The van der Waals surface area contributed by atoms with Crippen LogP contribution in [0.15, 0.2) is 36.7 Å². The number of benzene rings is 1. The van der Waals surface area contributed by atoms with Crippen LogP contribution in [0.25, 0.3) is 0 Å². The smallest absolute Gasteiger partial charge is 0.254 e. The summed E-state index contributed by atoms with van der Waals surface area (Å²) in [5, 5.41) is 3.22. The Kier molecular flexibility index (Phi) is 3.56. The Bertz CT molecular complexity index is 651. The van der Waals surface area contributed by atoms with Crippen LogP contribution in [0.2, 0.25) is 0 Å². The zero-order valence-electron chi connectivity index (χ0n) is 12.2. The standard InChI is InChI=1S/C16H18N4O/c1-11-4-5-13(8-12(11)2)15(21)20-9-14(10-20)19-16-17-6-3-7-18-16/h3-8,14H,9-10H2,1-2H3,(H,17,18,19). The molecule has 1 aliphatic rings. The number of nitrogens with one attached hydrogen (secondary N) is 1. The minimum atomic E-state index is 0.0881. The molecule has 1 fully saturated rings. The van der Waals surface area contributed by atoms with E-state index in [2.05, 4.69) is 15.3 Å². The second kappa shape index (κ2) is 5.52. The van der Waals surface area contributed by atoms with Crippen molar-refractivity contribution in [2.45, 2.75) is 19.9 Å². The molecule has 21 heavy (non-hydrogen) atoms. The van der Waals surface area contributed by atoms with Gasteiger partial charge in [-0.25, -0.2) is 9.97 Å². The molecule has 1 aromatic heterocycles. The molecule has 1 N–H and O–H groups in total. The number of carbonyl (C=O) groups is 1. The Labute approximate surface area is 124 Å². The van der Waals surface area contributed by atoms with Crippen molar-refractivity contribution in [1.82, 2.24) is 14.9 Å². The zero-order chi connectivity index (χ0) is 14.8. The fourth-order valence-electron chi connectivity index (χ4n) is 2.35. The first-order valence-corrected chi connectivity index (χ1v) is 7.03. The summed E-state index contributed by atoms with van der Waals surface area (Å²) in [6, 6.07) is 7.85. The van der Waals surface area contributed by atoms with E-state index in [0.29, 0.717) is 19.0 Å². The molecule has 1 aromatic carbocycles. The molecule has 2 aromatic rings. The van der Waals surface area contributed by atoms with Crippen molar-refractivity contribution in [2.24, 2.45) is 0 Å². The Hall–Kier alpha value is -2.43. The lowest BCUT2D eigenvalue weighted by atomic mass is 10.0. The van der Waals surface area contributed by atoms with E-state index < -0.39 is 0 Å². The fraction of sp³-hybridized carbons (Fsp3) is 0.312. The third-order valence-corrected chi connectivity index (χ3v) is 3.82. The van der Waals surface area contributed by atoms with Gasteiger partial charge in [-0.05, 0) is 43.2 Å². The summed E-state index contributed by atoms with van der Waals surface area (Å²) < 4.78 is 0. The number of nitrogens with zero attached hydrogens (tertiary/aromatic N) is 3. The summed E-state index contributed by atoms with van der Waals surface area (Å²) in [5.74, 6) is 0.700. The molecule has 1 saturated heterocycles. The number of hydrogen-bond donors (Lipinski definition) is 1. The van der Waals surface area contributed by atoms with E-state index in [9.17, 15) is 4.79 Å². The lowest BCUT2D eigenvalue weighted by Gasteiger charge is -2.39. The van der Waals surface area contributed by atoms with Crippen LogP contribution >= 0.6 is 0 Å². The number of likely N-dealkylation sites (tertiary alicyclic amines) is 1. The van der Waals surface area contributed by atoms with Crippen LogP contribution in [0, 0.1) is 13.8 Å². The maximum Gasteiger partial charge on any atom is 0.254 e. The first kappa shape index (κ1) is 13.5. The van der Waals surface area contributed by atoms with Gasteiger partial charge in [0.15, 0.2) is 0 Å². The van der Waals surface area contributed by atoms with Crippen LogP contribution in [0.4, 0.5) is 5.95 Å². The molecule has 0 aliphatic carbocycles. The first-order valence-electron chi connectivity index (χ1n) is 7.03. The van der Waals surface area contributed by atoms with Gasteiger partial charge in [0.1, 0.15) is 0 Å². The van der Waals surface area contributed by atoms with Gasteiger partial charge in [0.05, 0.1) is 6.04 Å². The van der Waals surface area contributed by atoms with E-state index >= 15 is 0 Å². The maximum atomic E-state index is 12.4. The zero-order valence-corrected chi connectivity index (χ0v) is 12.2. The molecule has 0 bridgehead atoms. The third kappa shape index (κ3) is 2.86. The van der Waals surface area contributed by atoms with Gasteiger partial charge < -0.3 is 10.2 Å². The molecule has 0 radical (unpaired) electrons. The van der Waals surface area contributed by atoms with Crippen molar-refractivity contribution in [3.8, 4) is 0 Å². The number of aryl methyl sites for hydroxylation is 2. The molecule has 1 amide bonds. The minimum absolute atomic E-state index is 0.0881. The van der Waals surface area contributed by atoms with Gasteiger partial charge in [-0.3, -0.25) is 4.79 Å². The Morgan fingerprint density at radius 3 is 2.57 bits per heavy atom. The fourth-order valence-corrected chi connectivity index (χ4v) is 2.35. The third-order valence-electron chi connectivity index (χ3n) is 3.82. The summed E-state index contributed by atoms with van der Waals surface area (Å²) >= 11 is 0. The first-order chi connectivity index (χ1) is 10.1. The van der Waals surface area contributed by atoms with E-state index in [0.717, 1.165) is 11.1 Å². The summed E-state index contributed by atoms with van der Waals surface area (Å²) in [7, 11) is 0.